The average Bonchev–Trinajstić information content (AvgIpc) is 2.53. The van der Waals surface area contributed by atoms with Crippen LogP contribution >= 0.6 is 0 Å². The van der Waals surface area contributed by atoms with E-state index in [0.717, 1.165) is 19.5 Å². The maximum absolute atomic E-state index is 12.4. The van der Waals surface area contributed by atoms with E-state index in [0.29, 0.717) is 31.0 Å². The molecular weight excluding hydrogens is 286 g/mol. The molecule has 23 heavy (non-hydrogen) atoms. The quantitative estimate of drug-likeness (QED) is 0.812. The molecule has 2 rings (SSSR count). The highest BCUT2D eigenvalue weighted by Crippen LogP contribution is 2.29. The van der Waals surface area contributed by atoms with Gasteiger partial charge in [-0.05, 0) is 23.8 Å². The zero-order valence-electron chi connectivity index (χ0n) is 14.5. The molecule has 1 fully saturated rings. The Hall–Kier alpha value is -1.39. The lowest BCUT2D eigenvalue weighted by Gasteiger charge is -2.35. The van der Waals surface area contributed by atoms with E-state index in [-0.39, 0.29) is 5.91 Å². The summed E-state index contributed by atoms with van der Waals surface area (Å²) in [5.41, 5.74) is 6.93. The van der Waals surface area contributed by atoms with Crippen molar-refractivity contribution in [2.75, 3.05) is 19.6 Å². The van der Waals surface area contributed by atoms with Crippen LogP contribution in [0.2, 0.25) is 0 Å². The van der Waals surface area contributed by atoms with E-state index in [1.54, 1.807) is 0 Å². The Morgan fingerprint density at radius 3 is 2.70 bits per heavy atom. The standard InChI is InChI=1S/C19H31N3O/c1-15-7-6-10-18(16(15)2)21-19(23)14-22(12-11-20)13-17-8-4-3-5-9-17/h3-5,8-9,15-16,18H,6-7,10-14,20H2,1-2H3,(H,21,23). The van der Waals surface area contributed by atoms with E-state index in [4.69, 9.17) is 5.73 Å². The number of carbonyl (C=O) groups is 1. The zero-order valence-corrected chi connectivity index (χ0v) is 14.5. The van der Waals surface area contributed by atoms with E-state index in [1.807, 2.05) is 18.2 Å². The van der Waals surface area contributed by atoms with Gasteiger partial charge >= 0.3 is 0 Å². The Bertz CT molecular complexity index is 477. The number of nitrogens with two attached hydrogens (primary N) is 1. The Morgan fingerprint density at radius 1 is 1.26 bits per heavy atom. The SMILES string of the molecule is CC1CCCC(NC(=O)CN(CCN)Cc2ccccc2)C1C. The maximum atomic E-state index is 12.4. The Kier molecular flexibility index (Phi) is 7.06. The first-order valence-corrected chi connectivity index (χ1v) is 8.86. The van der Waals surface area contributed by atoms with Gasteiger partial charge < -0.3 is 11.1 Å². The number of amides is 1. The summed E-state index contributed by atoms with van der Waals surface area (Å²) in [7, 11) is 0. The van der Waals surface area contributed by atoms with E-state index in [9.17, 15) is 4.79 Å². The van der Waals surface area contributed by atoms with Gasteiger partial charge in [0.05, 0.1) is 6.54 Å². The molecule has 1 saturated carbocycles. The number of carbonyl (C=O) groups excluding carboxylic acids is 1. The van der Waals surface area contributed by atoms with Gasteiger partial charge in [-0.1, -0.05) is 57.0 Å². The van der Waals surface area contributed by atoms with Crippen LogP contribution in [0.3, 0.4) is 0 Å². The minimum absolute atomic E-state index is 0.125. The molecule has 1 aromatic rings. The van der Waals surface area contributed by atoms with Gasteiger partial charge in [0.25, 0.3) is 0 Å². The second-order valence-corrected chi connectivity index (χ2v) is 6.93. The topological polar surface area (TPSA) is 58.4 Å². The number of hydrogen-bond acceptors (Lipinski definition) is 3. The number of nitrogens with zero attached hydrogens (tertiary/aromatic N) is 1. The zero-order chi connectivity index (χ0) is 16.7. The van der Waals surface area contributed by atoms with Crippen LogP contribution in [0.1, 0.15) is 38.7 Å². The van der Waals surface area contributed by atoms with E-state index < -0.39 is 0 Å². The Morgan fingerprint density at radius 2 is 2.00 bits per heavy atom. The minimum atomic E-state index is 0.125. The molecular formula is C19H31N3O. The highest BCUT2D eigenvalue weighted by Gasteiger charge is 2.28. The summed E-state index contributed by atoms with van der Waals surface area (Å²) < 4.78 is 0. The molecule has 1 amide bonds. The second-order valence-electron chi connectivity index (χ2n) is 6.93. The Labute approximate surface area is 140 Å². The van der Waals surface area contributed by atoms with Crippen LogP contribution in [0.4, 0.5) is 0 Å². The fourth-order valence-corrected chi connectivity index (χ4v) is 3.48. The van der Waals surface area contributed by atoms with Gasteiger partial charge in [0.2, 0.25) is 5.91 Å². The van der Waals surface area contributed by atoms with Crippen molar-refractivity contribution in [2.45, 2.75) is 45.7 Å². The number of benzene rings is 1. The lowest BCUT2D eigenvalue weighted by atomic mass is 9.78. The van der Waals surface area contributed by atoms with Gasteiger partial charge in [0, 0.05) is 25.7 Å². The first-order valence-electron chi connectivity index (χ1n) is 8.86. The van der Waals surface area contributed by atoms with Crippen molar-refractivity contribution < 1.29 is 4.79 Å². The second kappa shape index (κ2) is 9.04. The molecule has 0 aromatic heterocycles. The van der Waals surface area contributed by atoms with Crippen molar-refractivity contribution in [1.29, 1.82) is 0 Å². The summed E-state index contributed by atoms with van der Waals surface area (Å²) in [6.45, 7) is 7.04. The summed E-state index contributed by atoms with van der Waals surface area (Å²) in [4.78, 5) is 14.6. The van der Waals surface area contributed by atoms with Gasteiger partial charge in [-0.3, -0.25) is 9.69 Å². The smallest absolute Gasteiger partial charge is 0.234 e. The van der Waals surface area contributed by atoms with Crippen molar-refractivity contribution >= 4 is 5.91 Å². The molecule has 3 unspecified atom stereocenters. The van der Waals surface area contributed by atoms with Crippen LogP contribution in [0.25, 0.3) is 0 Å². The summed E-state index contributed by atoms with van der Waals surface area (Å²) in [6, 6.07) is 10.6. The number of rotatable bonds is 7. The largest absolute Gasteiger partial charge is 0.352 e. The fraction of sp³-hybridized carbons (Fsp3) is 0.632. The predicted octanol–water partition coefficient (Wildman–Crippen LogP) is 2.39. The maximum Gasteiger partial charge on any atom is 0.234 e. The average molecular weight is 317 g/mol. The van der Waals surface area contributed by atoms with Crippen LogP contribution in [0.15, 0.2) is 30.3 Å². The lowest BCUT2D eigenvalue weighted by Crippen LogP contribution is -2.47. The molecule has 0 spiro atoms. The highest BCUT2D eigenvalue weighted by molar-refractivity contribution is 5.78. The third kappa shape index (κ3) is 5.63. The van der Waals surface area contributed by atoms with Gasteiger partial charge in [0.15, 0.2) is 0 Å². The fourth-order valence-electron chi connectivity index (χ4n) is 3.48. The summed E-state index contributed by atoms with van der Waals surface area (Å²) in [5.74, 6) is 1.38. The predicted molar refractivity (Wildman–Crippen MR) is 94.9 cm³/mol. The first kappa shape index (κ1) is 18.0. The monoisotopic (exact) mass is 317 g/mol. The van der Waals surface area contributed by atoms with Crippen molar-refractivity contribution in [3.63, 3.8) is 0 Å². The van der Waals surface area contributed by atoms with Crippen molar-refractivity contribution in [3.8, 4) is 0 Å². The van der Waals surface area contributed by atoms with Gasteiger partial charge in [0.1, 0.15) is 0 Å². The van der Waals surface area contributed by atoms with E-state index in [2.05, 4.69) is 36.2 Å². The van der Waals surface area contributed by atoms with Gasteiger partial charge in [-0.2, -0.15) is 0 Å². The molecule has 1 aromatic carbocycles. The third-order valence-corrected chi connectivity index (χ3v) is 5.11. The molecule has 1 aliphatic carbocycles. The molecule has 0 bridgehead atoms. The molecule has 3 N–H and O–H groups in total. The molecule has 4 nitrogen and oxygen atoms in total. The molecule has 1 aliphatic rings. The summed E-state index contributed by atoms with van der Waals surface area (Å²) in [6.07, 6.45) is 3.60. The summed E-state index contributed by atoms with van der Waals surface area (Å²) >= 11 is 0. The molecule has 3 atom stereocenters. The molecule has 0 radical (unpaired) electrons. The number of nitrogens with one attached hydrogen (secondary N) is 1. The molecule has 0 aliphatic heterocycles. The van der Waals surface area contributed by atoms with Crippen LogP contribution < -0.4 is 11.1 Å². The van der Waals surface area contributed by atoms with Crippen molar-refractivity contribution in [1.82, 2.24) is 10.2 Å². The Balaban J connectivity index is 1.87. The summed E-state index contributed by atoms with van der Waals surface area (Å²) in [5, 5.41) is 3.25. The number of hydrogen-bond donors (Lipinski definition) is 2. The highest BCUT2D eigenvalue weighted by atomic mass is 16.2. The molecule has 0 saturated heterocycles. The molecule has 0 heterocycles. The van der Waals surface area contributed by atoms with Crippen LogP contribution in [0, 0.1) is 11.8 Å². The third-order valence-electron chi connectivity index (χ3n) is 5.11. The first-order chi connectivity index (χ1) is 11.1. The lowest BCUT2D eigenvalue weighted by molar-refractivity contribution is -0.123. The minimum Gasteiger partial charge on any atom is -0.352 e. The molecule has 128 valence electrons. The van der Waals surface area contributed by atoms with Crippen molar-refractivity contribution in [3.05, 3.63) is 35.9 Å². The van der Waals surface area contributed by atoms with E-state index >= 15 is 0 Å². The van der Waals surface area contributed by atoms with E-state index in [1.165, 1.54) is 18.4 Å². The molecule has 4 heteroatoms. The van der Waals surface area contributed by atoms with Crippen LogP contribution in [-0.2, 0) is 11.3 Å². The van der Waals surface area contributed by atoms with Crippen molar-refractivity contribution in [2.24, 2.45) is 17.6 Å². The van der Waals surface area contributed by atoms with Crippen LogP contribution in [0.5, 0.6) is 0 Å². The van der Waals surface area contributed by atoms with Crippen LogP contribution in [-0.4, -0.2) is 36.5 Å². The van der Waals surface area contributed by atoms with Gasteiger partial charge in [-0.15, -0.1) is 0 Å². The van der Waals surface area contributed by atoms with Gasteiger partial charge in [-0.25, -0.2) is 0 Å². The normalized spacial score (nSPS) is 24.6.